The van der Waals surface area contributed by atoms with Crippen molar-refractivity contribution in [1.29, 1.82) is 0 Å². The third-order valence-corrected chi connectivity index (χ3v) is 4.99. The SMILES string of the molecule is CC(CO)(CO)NCc1ccc2c(c1)-c1cccc3cccc-2c13.Cl. The van der Waals surface area contributed by atoms with Crippen LogP contribution in [0.1, 0.15) is 12.5 Å². The highest BCUT2D eigenvalue weighted by atomic mass is 35.5. The number of hydrogen-bond donors (Lipinski definition) is 3. The Morgan fingerprint density at radius 3 is 2.12 bits per heavy atom. The van der Waals surface area contributed by atoms with E-state index in [1.54, 1.807) is 0 Å². The predicted molar refractivity (Wildman–Crippen MR) is 105 cm³/mol. The number of rotatable bonds is 5. The van der Waals surface area contributed by atoms with Crippen LogP contribution in [0.5, 0.6) is 0 Å². The van der Waals surface area contributed by atoms with Gasteiger partial charge in [-0.2, -0.15) is 0 Å². The Hall–Kier alpha value is -1.91. The molecule has 0 fully saturated rings. The maximum Gasteiger partial charge on any atom is 0.0633 e. The highest BCUT2D eigenvalue weighted by Crippen LogP contribution is 2.47. The van der Waals surface area contributed by atoms with Gasteiger partial charge in [0.1, 0.15) is 0 Å². The van der Waals surface area contributed by atoms with E-state index in [1.807, 2.05) is 6.92 Å². The van der Waals surface area contributed by atoms with Gasteiger partial charge < -0.3 is 15.5 Å². The molecule has 3 aromatic rings. The van der Waals surface area contributed by atoms with E-state index in [2.05, 4.69) is 59.9 Å². The lowest BCUT2D eigenvalue weighted by molar-refractivity contribution is 0.103. The lowest BCUT2D eigenvalue weighted by atomic mass is 10.00. The van der Waals surface area contributed by atoms with Gasteiger partial charge in [-0.05, 0) is 51.6 Å². The fraction of sp³-hybridized carbons (Fsp3) is 0.238. The van der Waals surface area contributed by atoms with Gasteiger partial charge in [-0.25, -0.2) is 0 Å². The molecule has 25 heavy (non-hydrogen) atoms. The molecule has 3 nitrogen and oxygen atoms in total. The molecular formula is C21H22ClNO2. The molecule has 3 N–H and O–H groups in total. The molecule has 0 heterocycles. The summed E-state index contributed by atoms with van der Waals surface area (Å²) < 4.78 is 0. The minimum atomic E-state index is -0.665. The maximum absolute atomic E-state index is 9.42. The zero-order chi connectivity index (χ0) is 16.7. The normalized spacial score (nSPS) is 12.1. The van der Waals surface area contributed by atoms with Gasteiger partial charge in [0, 0.05) is 6.54 Å². The van der Waals surface area contributed by atoms with E-state index >= 15 is 0 Å². The Labute approximate surface area is 153 Å². The topological polar surface area (TPSA) is 52.5 Å². The van der Waals surface area contributed by atoms with Crippen LogP contribution in [0.4, 0.5) is 0 Å². The summed E-state index contributed by atoms with van der Waals surface area (Å²) in [4.78, 5) is 0. The second kappa shape index (κ2) is 6.77. The Bertz CT molecular complexity index is 914. The van der Waals surface area contributed by atoms with Crippen LogP contribution in [0.2, 0.25) is 0 Å². The van der Waals surface area contributed by atoms with Crippen molar-refractivity contribution in [3.8, 4) is 22.3 Å². The van der Waals surface area contributed by atoms with Gasteiger partial charge in [0.25, 0.3) is 0 Å². The largest absolute Gasteiger partial charge is 0.394 e. The van der Waals surface area contributed by atoms with Crippen molar-refractivity contribution in [2.24, 2.45) is 0 Å². The molecule has 1 aliphatic carbocycles. The molecule has 0 radical (unpaired) electrons. The van der Waals surface area contributed by atoms with E-state index < -0.39 is 5.54 Å². The van der Waals surface area contributed by atoms with Crippen LogP contribution in [0, 0.1) is 0 Å². The number of aliphatic hydroxyl groups is 2. The number of aliphatic hydroxyl groups excluding tert-OH is 2. The van der Waals surface area contributed by atoms with E-state index in [-0.39, 0.29) is 25.6 Å². The summed E-state index contributed by atoms with van der Waals surface area (Å²) in [6.07, 6.45) is 0. The molecule has 0 atom stereocenters. The van der Waals surface area contributed by atoms with Gasteiger partial charge in [-0.3, -0.25) is 0 Å². The summed E-state index contributed by atoms with van der Waals surface area (Å²) in [5.41, 5.74) is 5.60. The third kappa shape index (κ3) is 2.94. The Kier molecular flexibility index (Phi) is 4.85. The number of benzene rings is 3. The Morgan fingerprint density at radius 1 is 0.840 bits per heavy atom. The third-order valence-electron chi connectivity index (χ3n) is 4.99. The van der Waals surface area contributed by atoms with E-state index in [0.717, 1.165) is 5.56 Å². The summed E-state index contributed by atoms with van der Waals surface area (Å²) >= 11 is 0. The molecule has 3 aromatic carbocycles. The molecule has 0 unspecified atom stereocenters. The fourth-order valence-corrected chi connectivity index (χ4v) is 3.43. The number of fused-ring (bicyclic) bond motifs is 3. The van der Waals surface area contributed by atoms with Crippen molar-refractivity contribution in [1.82, 2.24) is 5.32 Å². The van der Waals surface area contributed by atoms with Crippen molar-refractivity contribution in [3.05, 3.63) is 60.2 Å². The van der Waals surface area contributed by atoms with Gasteiger partial charge in [-0.15, -0.1) is 12.4 Å². The minimum Gasteiger partial charge on any atom is -0.394 e. The van der Waals surface area contributed by atoms with Crippen molar-refractivity contribution < 1.29 is 10.2 Å². The van der Waals surface area contributed by atoms with Crippen LogP contribution in [0.3, 0.4) is 0 Å². The van der Waals surface area contributed by atoms with Crippen LogP contribution in [-0.4, -0.2) is 29.0 Å². The molecule has 130 valence electrons. The maximum atomic E-state index is 9.42. The van der Waals surface area contributed by atoms with E-state index in [9.17, 15) is 10.2 Å². The number of nitrogens with one attached hydrogen (secondary N) is 1. The van der Waals surface area contributed by atoms with Gasteiger partial charge >= 0.3 is 0 Å². The van der Waals surface area contributed by atoms with E-state index in [4.69, 9.17) is 0 Å². The van der Waals surface area contributed by atoms with Crippen LogP contribution in [-0.2, 0) is 6.54 Å². The smallest absolute Gasteiger partial charge is 0.0633 e. The molecule has 4 rings (SSSR count). The molecule has 0 bridgehead atoms. The predicted octanol–water partition coefficient (Wildman–Crippen LogP) is 3.74. The Balaban J connectivity index is 0.00000182. The summed E-state index contributed by atoms with van der Waals surface area (Å²) in [7, 11) is 0. The standard InChI is InChI=1S/C21H21NO2.ClH/c1-21(12-23,13-24)22-11-14-8-9-16-17-6-2-4-15-5-3-7-18(20(15)17)19(16)10-14;/h2-10,22-24H,11-13H2,1H3;1H. The zero-order valence-electron chi connectivity index (χ0n) is 14.1. The number of halogens is 1. The van der Waals surface area contributed by atoms with E-state index in [0.29, 0.717) is 6.54 Å². The fourth-order valence-electron chi connectivity index (χ4n) is 3.43. The van der Waals surface area contributed by atoms with Gasteiger partial charge in [0.15, 0.2) is 0 Å². The molecule has 0 amide bonds. The van der Waals surface area contributed by atoms with Gasteiger partial charge in [0.2, 0.25) is 0 Å². The van der Waals surface area contributed by atoms with Crippen LogP contribution < -0.4 is 5.32 Å². The van der Waals surface area contributed by atoms with Gasteiger partial charge in [0.05, 0.1) is 18.8 Å². The zero-order valence-corrected chi connectivity index (χ0v) is 14.9. The lowest BCUT2D eigenvalue weighted by Crippen LogP contribution is -2.48. The van der Waals surface area contributed by atoms with Gasteiger partial charge in [-0.1, -0.05) is 48.5 Å². The molecule has 0 aromatic heterocycles. The second-order valence-corrected chi connectivity index (χ2v) is 6.82. The molecule has 1 aliphatic rings. The van der Waals surface area contributed by atoms with Crippen LogP contribution >= 0.6 is 12.4 Å². The van der Waals surface area contributed by atoms with E-state index in [1.165, 1.54) is 33.0 Å². The summed E-state index contributed by atoms with van der Waals surface area (Å²) in [6, 6.07) is 19.4. The monoisotopic (exact) mass is 355 g/mol. The van der Waals surface area contributed by atoms with Crippen molar-refractivity contribution >= 4 is 23.2 Å². The molecule has 0 aliphatic heterocycles. The Morgan fingerprint density at radius 2 is 1.48 bits per heavy atom. The summed E-state index contributed by atoms with van der Waals surface area (Å²) in [6.45, 7) is 2.23. The molecule has 0 saturated heterocycles. The molecule has 0 saturated carbocycles. The summed E-state index contributed by atoms with van der Waals surface area (Å²) in [5, 5.41) is 24.7. The van der Waals surface area contributed by atoms with Crippen molar-refractivity contribution in [3.63, 3.8) is 0 Å². The van der Waals surface area contributed by atoms with Crippen LogP contribution in [0.15, 0.2) is 54.6 Å². The first-order valence-electron chi connectivity index (χ1n) is 8.27. The lowest BCUT2D eigenvalue weighted by Gasteiger charge is -2.26. The molecule has 0 spiro atoms. The molecule has 4 heteroatoms. The minimum absolute atomic E-state index is 0. The average Bonchev–Trinajstić information content (AvgIpc) is 2.96. The second-order valence-electron chi connectivity index (χ2n) is 6.82. The average molecular weight is 356 g/mol. The summed E-state index contributed by atoms with van der Waals surface area (Å²) in [5.74, 6) is 0. The first-order chi connectivity index (χ1) is 11.6. The highest BCUT2D eigenvalue weighted by molar-refractivity contribution is 6.15. The van der Waals surface area contributed by atoms with Crippen molar-refractivity contribution in [2.75, 3.05) is 13.2 Å². The first kappa shape index (κ1) is 17.9. The highest BCUT2D eigenvalue weighted by Gasteiger charge is 2.23. The van der Waals surface area contributed by atoms with Crippen LogP contribution in [0.25, 0.3) is 33.0 Å². The number of hydrogen-bond acceptors (Lipinski definition) is 3. The quantitative estimate of drug-likeness (QED) is 0.511. The van der Waals surface area contributed by atoms with Crippen molar-refractivity contribution in [2.45, 2.75) is 19.0 Å². The first-order valence-corrected chi connectivity index (χ1v) is 8.27. The molecular weight excluding hydrogens is 334 g/mol.